The first-order chi connectivity index (χ1) is 19.4. The minimum Gasteiger partial charge on any atom is -0.383 e. The number of fused-ring (bicyclic) bond motifs is 1. The number of alkyl halides is 3. The summed E-state index contributed by atoms with van der Waals surface area (Å²) >= 11 is 0.722. The van der Waals surface area contributed by atoms with E-state index >= 15 is 4.39 Å². The third-order valence-electron chi connectivity index (χ3n) is 7.15. The molecule has 41 heavy (non-hydrogen) atoms. The zero-order valence-electron chi connectivity index (χ0n) is 21.5. The molecule has 9 nitrogen and oxygen atoms in total. The number of halogens is 4. The Morgan fingerprint density at radius 1 is 1.10 bits per heavy atom. The lowest BCUT2D eigenvalue weighted by Gasteiger charge is -2.12. The Morgan fingerprint density at radius 2 is 1.85 bits per heavy atom. The maximum atomic E-state index is 15.3. The Labute approximate surface area is 235 Å². The minimum absolute atomic E-state index is 0.0261. The van der Waals surface area contributed by atoms with Crippen LogP contribution in [-0.4, -0.2) is 32.7 Å². The number of nitrogens with zero attached hydrogens (tertiary/aromatic N) is 5. The number of aryl methyl sites for hydroxylation is 1. The highest BCUT2D eigenvalue weighted by molar-refractivity contribution is 7.94. The molecule has 1 fully saturated rings. The molecule has 3 N–H and O–H groups in total. The molecule has 15 heteroatoms. The molecule has 0 spiro atoms. The lowest BCUT2D eigenvalue weighted by molar-refractivity contribution is -0.143. The molecule has 4 aromatic heterocycles. The van der Waals surface area contributed by atoms with Crippen LogP contribution in [0.3, 0.4) is 0 Å². The van der Waals surface area contributed by atoms with E-state index in [0.29, 0.717) is 26.8 Å². The Kier molecular flexibility index (Phi) is 6.53. The average molecular weight is 606 g/mol. The Morgan fingerprint density at radius 3 is 2.54 bits per heavy atom. The van der Waals surface area contributed by atoms with E-state index in [1.165, 1.54) is 30.6 Å². The van der Waals surface area contributed by atoms with Crippen LogP contribution >= 0.6 is 11.3 Å². The van der Waals surface area contributed by atoms with E-state index in [1.54, 1.807) is 6.07 Å². The van der Waals surface area contributed by atoms with Gasteiger partial charge < -0.3 is 10.3 Å². The van der Waals surface area contributed by atoms with Crippen LogP contribution in [0.1, 0.15) is 37.4 Å². The number of nitrogens with two attached hydrogens (primary N) is 1. The fraction of sp³-hybridized carbons (Fsp3) is 0.269. The predicted molar refractivity (Wildman–Crippen MR) is 147 cm³/mol. The molecule has 0 saturated heterocycles. The zero-order valence-corrected chi connectivity index (χ0v) is 23.1. The molecular weight excluding hydrogens is 582 g/mol. The standard InChI is InChI=1S/C26H23F4N7O2S2/c1-36-21(26(28,29)30)11-19(34-36)20-8-9-22(40-20)41(38,39)35-18-7-6-14(10-17(18)27)16-12-37(15-4-2-3-5-15)25-23(16)24(31)32-13-33-25/h6-13,15,35H,2-5H2,1H3,(H2,31,32,33). The highest BCUT2D eigenvalue weighted by Crippen LogP contribution is 2.40. The van der Waals surface area contributed by atoms with Gasteiger partial charge in [0.1, 0.15) is 39.2 Å². The summed E-state index contributed by atoms with van der Waals surface area (Å²) in [6.07, 6.45) is 2.87. The molecule has 4 heterocycles. The molecule has 0 radical (unpaired) electrons. The van der Waals surface area contributed by atoms with E-state index in [0.717, 1.165) is 50.1 Å². The summed E-state index contributed by atoms with van der Waals surface area (Å²) in [6, 6.07) is 7.78. The Balaban J connectivity index is 1.29. The maximum absolute atomic E-state index is 15.3. The third-order valence-corrected chi connectivity index (χ3v) is 10.1. The second-order valence-electron chi connectivity index (χ2n) is 9.80. The highest BCUT2D eigenvalue weighted by Gasteiger charge is 2.35. The third kappa shape index (κ3) is 4.92. The molecule has 5 aromatic rings. The first-order valence-corrected chi connectivity index (χ1v) is 14.9. The van der Waals surface area contributed by atoms with Crippen LogP contribution < -0.4 is 10.5 Å². The number of thiophene rings is 1. The van der Waals surface area contributed by atoms with Crippen molar-refractivity contribution in [1.82, 2.24) is 24.3 Å². The van der Waals surface area contributed by atoms with Crippen LogP contribution in [0.15, 0.2) is 53.1 Å². The summed E-state index contributed by atoms with van der Waals surface area (Å²) in [6.45, 7) is 0. The number of anilines is 2. The van der Waals surface area contributed by atoms with E-state index in [1.807, 2.05) is 6.20 Å². The lowest BCUT2D eigenvalue weighted by Crippen LogP contribution is -2.12. The number of rotatable bonds is 6. The van der Waals surface area contributed by atoms with Crippen molar-refractivity contribution in [3.8, 4) is 21.7 Å². The lowest BCUT2D eigenvalue weighted by atomic mass is 10.1. The van der Waals surface area contributed by atoms with E-state index < -0.39 is 27.7 Å². The number of benzene rings is 1. The molecule has 1 aliphatic carbocycles. The normalized spacial score (nSPS) is 14.8. The number of hydrogen-bond donors (Lipinski definition) is 2. The summed E-state index contributed by atoms with van der Waals surface area (Å²) in [5.74, 6) is -0.560. The van der Waals surface area contributed by atoms with Gasteiger partial charge in [-0.05, 0) is 48.7 Å². The largest absolute Gasteiger partial charge is 0.433 e. The second kappa shape index (κ2) is 9.83. The van der Waals surface area contributed by atoms with Gasteiger partial charge in [-0.15, -0.1) is 11.3 Å². The minimum atomic E-state index is -4.61. The molecule has 0 atom stereocenters. The van der Waals surface area contributed by atoms with Gasteiger partial charge in [0.25, 0.3) is 10.0 Å². The van der Waals surface area contributed by atoms with Gasteiger partial charge >= 0.3 is 6.18 Å². The summed E-state index contributed by atoms with van der Waals surface area (Å²) in [7, 11) is -3.10. The van der Waals surface area contributed by atoms with E-state index in [2.05, 4.69) is 24.4 Å². The summed E-state index contributed by atoms with van der Waals surface area (Å²) in [5, 5.41) is 4.44. The highest BCUT2D eigenvalue weighted by atomic mass is 32.2. The van der Waals surface area contributed by atoms with Gasteiger partial charge in [0.05, 0.1) is 16.0 Å². The summed E-state index contributed by atoms with van der Waals surface area (Å²) in [4.78, 5) is 8.74. The first kappa shape index (κ1) is 27.2. The SMILES string of the molecule is Cn1nc(-c2ccc(S(=O)(=O)Nc3ccc(-c4cn(C5CCCC5)c5ncnc(N)c45)cc3F)s2)cc1C(F)(F)F. The molecule has 6 rings (SSSR count). The summed E-state index contributed by atoms with van der Waals surface area (Å²) < 4.78 is 85.6. The van der Waals surface area contributed by atoms with Crippen molar-refractivity contribution in [2.75, 3.05) is 10.5 Å². The van der Waals surface area contributed by atoms with Crippen LogP contribution in [0.2, 0.25) is 0 Å². The van der Waals surface area contributed by atoms with Gasteiger partial charge in [0, 0.05) is 24.8 Å². The van der Waals surface area contributed by atoms with Crippen molar-refractivity contribution in [1.29, 1.82) is 0 Å². The van der Waals surface area contributed by atoms with Gasteiger partial charge in [-0.1, -0.05) is 18.9 Å². The molecule has 0 unspecified atom stereocenters. The van der Waals surface area contributed by atoms with Crippen LogP contribution in [0.25, 0.3) is 32.7 Å². The van der Waals surface area contributed by atoms with E-state index in [-0.39, 0.29) is 32.3 Å². The number of aromatic nitrogens is 5. The van der Waals surface area contributed by atoms with Crippen molar-refractivity contribution in [2.24, 2.45) is 7.05 Å². The van der Waals surface area contributed by atoms with E-state index in [4.69, 9.17) is 5.73 Å². The zero-order chi connectivity index (χ0) is 29.1. The number of nitrogens with one attached hydrogen (secondary N) is 1. The molecular formula is C26H23F4N7O2S2. The van der Waals surface area contributed by atoms with Gasteiger partial charge in [-0.2, -0.15) is 18.3 Å². The molecule has 0 amide bonds. The van der Waals surface area contributed by atoms with E-state index in [9.17, 15) is 21.6 Å². The van der Waals surface area contributed by atoms with Gasteiger partial charge in [0.15, 0.2) is 0 Å². The van der Waals surface area contributed by atoms with Crippen molar-refractivity contribution in [3.63, 3.8) is 0 Å². The van der Waals surface area contributed by atoms with Crippen LogP contribution in [0, 0.1) is 5.82 Å². The van der Waals surface area contributed by atoms with Crippen LogP contribution in [0.4, 0.5) is 29.1 Å². The summed E-state index contributed by atoms with van der Waals surface area (Å²) in [5.41, 5.74) is 6.68. The van der Waals surface area contributed by atoms with Crippen LogP contribution in [-0.2, 0) is 23.2 Å². The Bertz CT molecular complexity index is 1890. The topological polar surface area (TPSA) is 121 Å². The van der Waals surface area contributed by atoms with Crippen molar-refractivity contribution < 1.29 is 26.0 Å². The van der Waals surface area contributed by atoms with Gasteiger partial charge in [0.2, 0.25) is 0 Å². The smallest absolute Gasteiger partial charge is 0.383 e. The molecule has 1 aliphatic rings. The number of hydrogen-bond acceptors (Lipinski definition) is 7. The maximum Gasteiger partial charge on any atom is 0.433 e. The molecule has 214 valence electrons. The Hall–Kier alpha value is -3.98. The van der Waals surface area contributed by atoms with Crippen molar-refractivity contribution in [2.45, 2.75) is 42.1 Å². The van der Waals surface area contributed by atoms with Crippen LogP contribution in [0.5, 0.6) is 0 Å². The fourth-order valence-electron chi connectivity index (χ4n) is 5.20. The monoisotopic (exact) mass is 605 g/mol. The number of nitrogen functional groups attached to an aromatic ring is 1. The van der Waals surface area contributed by atoms with Gasteiger partial charge in [-0.25, -0.2) is 22.8 Å². The first-order valence-electron chi connectivity index (χ1n) is 12.6. The second-order valence-corrected chi connectivity index (χ2v) is 12.8. The fourth-order valence-corrected chi connectivity index (χ4v) is 7.53. The average Bonchev–Trinajstić information content (AvgIpc) is 3.70. The molecule has 1 saturated carbocycles. The molecule has 0 bridgehead atoms. The molecule has 1 aromatic carbocycles. The predicted octanol–water partition coefficient (Wildman–Crippen LogP) is 6.22. The van der Waals surface area contributed by atoms with Gasteiger partial charge in [-0.3, -0.25) is 9.40 Å². The number of sulfonamides is 1. The molecule has 0 aliphatic heterocycles. The van der Waals surface area contributed by atoms with Crippen molar-refractivity contribution >= 4 is 43.9 Å². The quantitative estimate of drug-likeness (QED) is 0.222. The van der Waals surface area contributed by atoms with Crippen molar-refractivity contribution in [3.05, 3.63) is 60.4 Å².